The summed E-state index contributed by atoms with van der Waals surface area (Å²) < 4.78 is 1.52. The van der Waals surface area contributed by atoms with Crippen LogP contribution >= 0.6 is 0 Å². The van der Waals surface area contributed by atoms with E-state index in [0.29, 0.717) is 31.0 Å². The maximum atomic E-state index is 11.4. The van der Waals surface area contributed by atoms with Gasteiger partial charge in [-0.05, 0) is 33.1 Å². The first kappa shape index (κ1) is 14.3. The fourth-order valence-corrected chi connectivity index (χ4v) is 2.72. The molecule has 1 aromatic rings. The number of aromatic nitrogens is 2. The molecule has 2 heterocycles. The number of aryl methyl sites for hydroxylation is 2. The summed E-state index contributed by atoms with van der Waals surface area (Å²) in [6.07, 6.45) is 2.15. The number of carbonyl (C=O) groups is 1. The van der Waals surface area contributed by atoms with E-state index in [9.17, 15) is 20.0 Å². The molecule has 0 aromatic carbocycles. The predicted molar refractivity (Wildman–Crippen MR) is 71.9 cm³/mol. The number of aliphatic carboxylic acids is 1. The molecule has 0 saturated carbocycles. The third-order valence-corrected chi connectivity index (χ3v) is 3.61. The van der Waals surface area contributed by atoms with Crippen molar-refractivity contribution in [2.24, 2.45) is 0 Å². The van der Waals surface area contributed by atoms with Crippen LogP contribution < -0.4 is 4.90 Å². The third-order valence-electron chi connectivity index (χ3n) is 3.61. The Balaban J connectivity index is 2.54. The zero-order chi connectivity index (χ0) is 14.9. The summed E-state index contributed by atoms with van der Waals surface area (Å²) in [6.45, 7) is 4.38. The number of carboxylic acid groups (broad SMARTS) is 1. The average molecular weight is 282 g/mol. The van der Waals surface area contributed by atoms with Crippen molar-refractivity contribution in [3.63, 3.8) is 0 Å². The highest BCUT2D eigenvalue weighted by Gasteiger charge is 2.37. The van der Waals surface area contributed by atoms with Crippen molar-refractivity contribution < 1.29 is 14.8 Å². The quantitative estimate of drug-likeness (QED) is 0.664. The molecule has 0 aliphatic carbocycles. The lowest BCUT2D eigenvalue weighted by atomic mass is 10.0. The molecule has 1 N–H and O–H groups in total. The van der Waals surface area contributed by atoms with Gasteiger partial charge in [-0.25, -0.2) is 9.48 Å². The van der Waals surface area contributed by atoms with E-state index in [-0.39, 0.29) is 5.69 Å². The van der Waals surface area contributed by atoms with Crippen LogP contribution in [0.25, 0.3) is 0 Å². The van der Waals surface area contributed by atoms with Gasteiger partial charge in [0.2, 0.25) is 5.82 Å². The second-order valence-electron chi connectivity index (χ2n) is 4.87. The summed E-state index contributed by atoms with van der Waals surface area (Å²) >= 11 is 0. The number of nitro groups is 1. The maximum absolute atomic E-state index is 11.4. The number of nitrogens with zero attached hydrogens (tertiary/aromatic N) is 4. The van der Waals surface area contributed by atoms with Crippen molar-refractivity contribution in [3.05, 3.63) is 15.8 Å². The Bertz CT molecular complexity index is 540. The van der Waals surface area contributed by atoms with Crippen LogP contribution in [0.3, 0.4) is 0 Å². The fourth-order valence-electron chi connectivity index (χ4n) is 2.72. The molecule has 20 heavy (non-hydrogen) atoms. The Hall–Kier alpha value is -2.12. The number of carboxylic acids is 1. The summed E-state index contributed by atoms with van der Waals surface area (Å²) in [5.41, 5.74) is 0.238. The van der Waals surface area contributed by atoms with Crippen molar-refractivity contribution in [2.45, 2.75) is 45.7 Å². The summed E-state index contributed by atoms with van der Waals surface area (Å²) in [6, 6.07) is -0.719. The highest BCUT2D eigenvalue weighted by molar-refractivity contribution is 5.79. The van der Waals surface area contributed by atoms with Gasteiger partial charge in [0.1, 0.15) is 11.7 Å². The zero-order valence-electron chi connectivity index (χ0n) is 11.6. The van der Waals surface area contributed by atoms with Crippen molar-refractivity contribution in [2.75, 3.05) is 11.4 Å². The molecule has 1 aliphatic heterocycles. The zero-order valence-corrected chi connectivity index (χ0v) is 11.6. The van der Waals surface area contributed by atoms with E-state index < -0.39 is 16.9 Å². The third kappa shape index (κ3) is 2.33. The number of piperidine rings is 1. The number of rotatable bonds is 4. The minimum absolute atomic E-state index is 0.0833. The molecule has 2 rings (SSSR count). The van der Waals surface area contributed by atoms with Crippen LogP contribution in [0.1, 0.15) is 31.9 Å². The SMILES string of the molecule is CCn1nc(C)c([N+](=O)[O-])c1N1CCCCC1C(=O)O. The van der Waals surface area contributed by atoms with Gasteiger partial charge in [0.15, 0.2) is 0 Å². The Morgan fingerprint density at radius 3 is 2.80 bits per heavy atom. The summed E-state index contributed by atoms with van der Waals surface area (Å²) in [4.78, 5) is 23.8. The van der Waals surface area contributed by atoms with Crippen molar-refractivity contribution >= 4 is 17.5 Å². The van der Waals surface area contributed by atoms with E-state index in [1.165, 1.54) is 4.68 Å². The molecule has 0 amide bonds. The Kier molecular flexibility index (Phi) is 3.91. The minimum Gasteiger partial charge on any atom is -0.480 e. The monoisotopic (exact) mass is 282 g/mol. The van der Waals surface area contributed by atoms with Gasteiger partial charge in [0.05, 0.1) is 4.92 Å². The fraction of sp³-hybridized carbons (Fsp3) is 0.667. The van der Waals surface area contributed by atoms with Crippen LogP contribution in [0.4, 0.5) is 11.5 Å². The second kappa shape index (κ2) is 5.48. The molecule has 1 unspecified atom stereocenters. The van der Waals surface area contributed by atoms with Gasteiger partial charge in [0, 0.05) is 13.1 Å². The van der Waals surface area contributed by atoms with Gasteiger partial charge >= 0.3 is 11.7 Å². The summed E-state index contributed by atoms with van der Waals surface area (Å²) in [5, 5.41) is 24.8. The van der Waals surface area contributed by atoms with E-state index >= 15 is 0 Å². The first-order valence-electron chi connectivity index (χ1n) is 6.68. The lowest BCUT2D eigenvalue weighted by Crippen LogP contribution is -2.46. The summed E-state index contributed by atoms with van der Waals surface area (Å²) in [5.74, 6) is -0.623. The molecule has 1 aromatic heterocycles. The normalized spacial score (nSPS) is 19.1. The molecule has 0 spiro atoms. The van der Waals surface area contributed by atoms with Crippen molar-refractivity contribution in [1.29, 1.82) is 0 Å². The molecule has 0 bridgehead atoms. The number of hydrogen-bond acceptors (Lipinski definition) is 5. The Labute approximate surface area is 116 Å². The number of anilines is 1. The predicted octanol–water partition coefficient (Wildman–Crippen LogP) is 1.56. The van der Waals surface area contributed by atoms with Gasteiger partial charge in [-0.15, -0.1) is 0 Å². The summed E-state index contributed by atoms with van der Waals surface area (Å²) in [7, 11) is 0. The highest BCUT2D eigenvalue weighted by Crippen LogP contribution is 2.35. The Morgan fingerprint density at radius 1 is 1.55 bits per heavy atom. The lowest BCUT2D eigenvalue weighted by Gasteiger charge is -2.34. The molecular formula is C12H18N4O4. The maximum Gasteiger partial charge on any atom is 0.333 e. The van der Waals surface area contributed by atoms with Crippen LogP contribution in [-0.4, -0.2) is 38.4 Å². The molecule has 1 fully saturated rings. The molecule has 110 valence electrons. The van der Waals surface area contributed by atoms with E-state index in [0.717, 1.165) is 12.8 Å². The molecular weight excluding hydrogens is 264 g/mol. The van der Waals surface area contributed by atoms with Crippen molar-refractivity contribution in [1.82, 2.24) is 9.78 Å². The molecule has 1 saturated heterocycles. The van der Waals surface area contributed by atoms with Gasteiger partial charge < -0.3 is 10.0 Å². The van der Waals surface area contributed by atoms with Crippen LogP contribution in [-0.2, 0) is 11.3 Å². The lowest BCUT2D eigenvalue weighted by molar-refractivity contribution is -0.384. The Morgan fingerprint density at radius 2 is 2.25 bits per heavy atom. The molecule has 1 aliphatic rings. The minimum atomic E-state index is -0.944. The second-order valence-corrected chi connectivity index (χ2v) is 4.87. The largest absolute Gasteiger partial charge is 0.480 e. The van der Waals surface area contributed by atoms with Gasteiger partial charge in [-0.3, -0.25) is 10.1 Å². The van der Waals surface area contributed by atoms with E-state index in [2.05, 4.69) is 5.10 Å². The topological polar surface area (TPSA) is 101 Å². The van der Waals surface area contributed by atoms with Crippen LogP contribution in [0.15, 0.2) is 0 Å². The van der Waals surface area contributed by atoms with Gasteiger partial charge in [-0.2, -0.15) is 5.10 Å². The van der Waals surface area contributed by atoms with Crippen molar-refractivity contribution in [3.8, 4) is 0 Å². The molecule has 0 radical (unpaired) electrons. The first-order valence-corrected chi connectivity index (χ1v) is 6.68. The van der Waals surface area contributed by atoms with Gasteiger partial charge in [-0.1, -0.05) is 0 Å². The average Bonchev–Trinajstić information content (AvgIpc) is 2.75. The first-order chi connectivity index (χ1) is 9.47. The van der Waals surface area contributed by atoms with Crippen LogP contribution in [0, 0.1) is 17.0 Å². The van der Waals surface area contributed by atoms with Crippen LogP contribution in [0.2, 0.25) is 0 Å². The standard InChI is InChI=1S/C12H18N4O4/c1-3-15-11(10(16(19)20)8(2)13-15)14-7-5-4-6-9(14)12(17)18/h9H,3-7H2,1-2H3,(H,17,18). The van der Waals surface area contributed by atoms with E-state index in [4.69, 9.17) is 0 Å². The molecule has 8 heteroatoms. The van der Waals surface area contributed by atoms with Gasteiger partial charge in [0.25, 0.3) is 0 Å². The highest BCUT2D eigenvalue weighted by atomic mass is 16.6. The number of hydrogen-bond donors (Lipinski definition) is 1. The van der Waals surface area contributed by atoms with E-state index in [1.54, 1.807) is 11.8 Å². The van der Waals surface area contributed by atoms with E-state index in [1.807, 2.05) is 6.92 Å². The molecule has 8 nitrogen and oxygen atoms in total. The molecule has 1 atom stereocenters. The smallest absolute Gasteiger partial charge is 0.333 e. The van der Waals surface area contributed by atoms with Crippen LogP contribution in [0.5, 0.6) is 0 Å².